The largest absolute Gasteiger partial charge is 0.492 e. The molecule has 31 heavy (non-hydrogen) atoms. The summed E-state index contributed by atoms with van der Waals surface area (Å²) in [5.74, 6) is 0.769. The molecule has 0 spiro atoms. The molecular weight excluding hydrogens is 386 g/mol. The van der Waals surface area contributed by atoms with E-state index in [1.54, 1.807) is 0 Å². The van der Waals surface area contributed by atoms with E-state index in [1.807, 2.05) is 25.1 Å². The smallest absolute Gasteiger partial charge is 0.252 e. The minimum absolute atomic E-state index is 0.00152. The van der Waals surface area contributed by atoms with Gasteiger partial charge in [-0.25, -0.2) is 0 Å². The second-order valence-corrected chi connectivity index (χ2v) is 9.32. The van der Waals surface area contributed by atoms with E-state index in [9.17, 15) is 4.79 Å². The van der Waals surface area contributed by atoms with Gasteiger partial charge >= 0.3 is 0 Å². The molecule has 1 amide bonds. The Morgan fingerprint density at radius 3 is 2.77 bits per heavy atom. The van der Waals surface area contributed by atoms with Crippen molar-refractivity contribution in [3.05, 3.63) is 58.1 Å². The highest BCUT2D eigenvalue weighted by Gasteiger charge is 2.47. The third-order valence-corrected chi connectivity index (χ3v) is 7.09. The first-order valence-electron chi connectivity index (χ1n) is 11.8. The van der Waals surface area contributed by atoms with Gasteiger partial charge < -0.3 is 20.7 Å². The zero-order valence-electron chi connectivity index (χ0n) is 18.6. The van der Waals surface area contributed by atoms with Crippen LogP contribution < -0.4 is 20.7 Å². The lowest BCUT2D eigenvalue weighted by Gasteiger charge is -2.28. The number of hydrogen-bond donors (Lipinski definition) is 3. The third-order valence-electron chi connectivity index (χ3n) is 7.09. The highest BCUT2D eigenvalue weighted by atomic mass is 16.5. The van der Waals surface area contributed by atoms with Crippen LogP contribution in [-0.2, 0) is 18.4 Å². The van der Waals surface area contributed by atoms with Crippen LogP contribution in [0.15, 0.2) is 30.3 Å². The molecule has 1 atom stereocenters. The fraction of sp³-hybridized carbons (Fsp3) is 0.500. The van der Waals surface area contributed by atoms with Gasteiger partial charge in [-0.1, -0.05) is 19.1 Å². The van der Waals surface area contributed by atoms with Gasteiger partial charge in [0.05, 0.1) is 5.54 Å². The van der Waals surface area contributed by atoms with Crippen molar-refractivity contribution in [1.82, 2.24) is 10.6 Å². The molecule has 2 aliphatic heterocycles. The van der Waals surface area contributed by atoms with Gasteiger partial charge in [0.2, 0.25) is 0 Å². The molecule has 5 nitrogen and oxygen atoms in total. The Hall–Kier alpha value is -2.53. The molecule has 2 aromatic carbocycles. The van der Waals surface area contributed by atoms with Crippen LogP contribution in [-0.4, -0.2) is 31.6 Å². The number of carbonyl (C=O) groups is 1. The van der Waals surface area contributed by atoms with Crippen LogP contribution in [0.1, 0.15) is 65.2 Å². The molecule has 3 aliphatic rings. The Kier molecular flexibility index (Phi) is 5.39. The second-order valence-electron chi connectivity index (χ2n) is 9.32. The summed E-state index contributed by atoms with van der Waals surface area (Å²) in [7, 11) is 0. The molecule has 5 rings (SSSR count). The van der Waals surface area contributed by atoms with Gasteiger partial charge in [0.15, 0.2) is 0 Å². The summed E-state index contributed by atoms with van der Waals surface area (Å²) in [5, 5.41) is 10.3. The molecule has 1 saturated carbocycles. The highest BCUT2D eigenvalue weighted by molar-refractivity contribution is 5.97. The van der Waals surface area contributed by atoms with E-state index in [0.717, 1.165) is 62.9 Å². The fourth-order valence-corrected chi connectivity index (χ4v) is 4.77. The van der Waals surface area contributed by atoms with E-state index in [1.165, 1.54) is 22.4 Å². The summed E-state index contributed by atoms with van der Waals surface area (Å²) in [6, 6.07) is 10.9. The standard InChI is InChI=1S/C26H33N3O2/c1-3-18-13-23(21-5-4-11-28-24(21)14-18)26(9-10-26)29-25(30)22-15-20(7-6-17(22)2)31-16-19-8-12-27-19/h6-7,13-15,19,27-28H,3-5,8-12,16H2,1-2H3,(H,29,30)/t19-/m0/s1. The number of ether oxygens (including phenoxy) is 1. The lowest BCUT2D eigenvalue weighted by molar-refractivity contribution is 0.0929. The van der Waals surface area contributed by atoms with Crippen molar-refractivity contribution in [2.45, 2.75) is 64.0 Å². The zero-order valence-corrected chi connectivity index (χ0v) is 18.6. The van der Waals surface area contributed by atoms with Gasteiger partial charge in [-0.2, -0.15) is 0 Å². The summed E-state index contributed by atoms with van der Waals surface area (Å²) < 4.78 is 5.94. The van der Waals surface area contributed by atoms with Crippen LogP contribution in [0.2, 0.25) is 0 Å². The second kappa shape index (κ2) is 8.19. The number of fused-ring (bicyclic) bond motifs is 1. The topological polar surface area (TPSA) is 62.4 Å². The van der Waals surface area contributed by atoms with Crippen molar-refractivity contribution in [3.8, 4) is 5.75 Å². The average Bonchev–Trinajstić information content (AvgIpc) is 3.53. The van der Waals surface area contributed by atoms with E-state index in [-0.39, 0.29) is 11.4 Å². The maximum Gasteiger partial charge on any atom is 0.252 e. The molecule has 5 heteroatoms. The number of hydrogen-bond acceptors (Lipinski definition) is 4. The van der Waals surface area contributed by atoms with Gasteiger partial charge in [-0.15, -0.1) is 0 Å². The molecule has 1 aliphatic carbocycles. The zero-order chi connectivity index (χ0) is 21.4. The van der Waals surface area contributed by atoms with Crippen LogP contribution in [0.3, 0.4) is 0 Å². The number of aryl methyl sites for hydroxylation is 2. The minimum atomic E-state index is -0.232. The van der Waals surface area contributed by atoms with E-state index < -0.39 is 0 Å². The molecule has 1 saturated heterocycles. The average molecular weight is 420 g/mol. The third kappa shape index (κ3) is 4.03. The van der Waals surface area contributed by atoms with Crippen molar-refractivity contribution in [2.75, 3.05) is 25.0 Å². The molecule has 3 N–H and O–H groups in total. The molecule has 2 fully saturated rings. The van der Waals surface area contributed by atoms with Crippen LogP contribution in [0.5, 0.6) is 5.75 Å². The van der Waals surface area contributed by atoms with Gasteiger partial charge in [-0.3, -0.25) is 4.79 Å². The Labute approximate surface area is 185 Å². The number of nitrogens with one attached hydrogen (secondary N) is 3. The summed E-state index contributed by atoms with van der Waals surface area (Å²) in [6.45, 7) is 6.93. The Morgan fingerprint density at radius 1 is 1.23 bits per heavy atom. The van der Waals surface area contributed by atoms with Crippen molar-refractivity contribution in [3.63, 3.8) is 0 Å². The van der Waals surface area contributed by atoms with E-state index in [4.69, 9.17) is 4.74 Å². The van der Waals surface area contributed by atoms with Gasteiger partial charge in [0, 0.05) is 23.8 Å². The Balaban J connectivity index is 1.38. The number of anilines is 1. The predicted octanol–water partition coefficient (Wildman–Crippen LogP) is 4.08. The molecule has 0 bridgehead atoms. The maximum atomic E-state index is 13.4. The molecule has 0 radical (unpaired) electrons. The quantitative estimate of drug-likeness (QED) is 0.633. The van der Waals surface area contributed by atoms with Gasteiger partial charge in [-0.05, 0) is 92.4 Å². The minimum Gasteiger partial charge on any atom is -0.492 e. The maximum absolute atomic E-state index is 13.4. The molecule has 2 aromatic rings. The normalized spacial score (nSPS) is 20.8. The molecule has 164 valence electrons. The molecule has 0 unspecified atom stereocenters. The Morgan fingerprint density at radius 2 is 2.06 bits per heavy atom. The number of benzene rings is 2. The Bertz CT molecular complexity index is 992. The van der Waals surface area contributed by atoms with Crippen LogP contribution >= 0.6 is 0 Å². The van der Waals surface area contributed by atoms with Crippen molar-refractivity contribution in [1.29, 1.82) is 0 Å². The van der Waals surface area contributed by atoms with Crippen molar-refractivity contribution >= 4 is 11.6 Å². The van der Waals surface area contributed by atoms with E-state index in [2.05, 4.69) is 35.0 Å². The first-order chi connectivity index (χ1) is 15.1. The van der Waals surface area contributed by atoms with Crippen LogP contribution in [0.25, 0.3) is 0 Å². The van der Waals surface area contributed by atoms with Crippen LogP contribution in [0, 0.1) is 6.92 Å². The number of carbonyl (C=O) groups excluding carboxylic acids is 1. The number of amides is 1. The summed E-state index contributed by atoms with van der Waals surface area (Å²) in [5.41, 5.74) is 6.77. The first kappa shape index (κ1) is 20.4. The first-order valence-corrected chi connectivity index (χ1v) is 11.8. The van der Waals surface area contributed by atoms with Gasteiger partial charge in [0.25, 0.3) is 5.91 Å². The van der Waals surface area contributed by atoms with E-state index in [0.29, 0.717) is 18.2 Å². The molecule has 2 heterocycles. The highest BCUT2D eigenvalue weighted by Crippen LogP contribution is 2.49. The predicted molar refractivity (Wildman–Crippen MR) is 124 cm³/mol. The van der Waals surface area contributed by atoms with Gasteiger partial charge in [0.1, 0.15) is 12.4 Å². The van der Waals surface area contributed by atoms with Crippen LogP contribution in [0.4, 0.5) is 5.69 Å². The molecule has 0 aromatic heterocycles. The van der Waals surface area contributed by atoms with E-state index >= 15 is 0 Å². The summed E-state index contributed by atoms with van der Waals surface area (Å²) >= 11 is 0. The van der Waals surface area contributed by atoms with Crippen molar-refractivity contribution in [2.24, 2.45) is 0 Å². The fourth-order valence-electron chi connectivity index (χ4n) is 4.77. The summed E-state index contributed by atoms with van der Waals surface area (Å²) in [4.78, 5) is 13.4. The lowest BCUT2D eigenvalue weighted by Crippen LogP contribution is -2.46. The summed E-state index contributed by atoms with van der Waals surface area (Å²) in [6.07, 6.45) is 6.38. The van der Waals surface area contributed by atoms with Crippen molar-refractivity contribution < 1.29 is 9.53 Å². The molecular formula is C26H33N3O2. The number of rotatable bonds is 7. The lowest BCUT2D eigenvalue weighted by atomic mass is 9.89. The monoisotopic (exact) mass is 419 g/mol. The SMILES string of the molecule is CCc1cc2c(c(C3(NC(=O)c4cc(OC[C@@H]5CCN5)ccc4C)CC3)c1)CCCN2.